The van der Waals surface area contributed by atoms with E-state index in [1.165, 1.54) is 11.8 Å². The number of benzene rings is 1. The maximum Gasteiger partial charge on any atom is 0.268 e. The van der Waals surface area contributed by atoms with Crippen LogP contribution in [0.3, 0.4) is 0 Å². The van der Waals surface area contributed by atoms with Gasteiger partial charge in [0.2, 0.25) is 0 Å². The molecule has 0 unspecified atom stereocenters. The highest BCUT2D eigenvalue weighted by Gasteiger charge is 2.28. The summed E-state index contributed by atoms with van der Waals surface area (Å²) >= 11 is 0. The Balaban J connectivity index is 1.78. The standard InChI is InChI=1S/C22H29N3O4/c1-14-20(16(3)26)15(2)24-21(14)22(27)23-13-19(25-9-11-29-12-10-25)17-5-7-18(28-4)8-6-17/h5-8,19,24H,9-13H2,1-4H3,(H,23,27)/p+1/t19-/m0/s1. The first-order valence-corrected chi connectivity index (χ1v) is 9.97. The molecule has 1 aromatic carbocycles. The number of carbonyl (C=O) groups excluding carboxylic acids is 2. The monoisotopic (exact) mass is 400 g/mol. The Kier molecular flexibility index (Phi) is 6.71. The minimum atomic E-state index is -0.190. The topological polar surface area (TPSA) is 84.9 Å². The van der Waals surface area contributed by atoms with Crippen molar-refractivity contribution in [2.45, 2.75) is 26.8 Å². The molecular weight excluding hydrogens is 370 g/mol. The molecular formula is C22H30N3O4+. The number of morpholine rings is 1. The highest BCUT2D eigenvalue weighted by molar-refractivity contribution is 6.02. The van der Waals surface area contributed by atoms with Crippen molar-refractivity contribution >= 4 is 11.7 Å². The molecule has 7 heteroatoms. The van der Waals surface area contributed by atoms with Gasteiger partial charge in [-0.1, -0.05) is 0 Å². The number of H-pyrrole nitrogens is 1. The van der Waals surface area contributed by atoms with Crippen LogP contribution in [0.15, 0.2) is 24.3 Å². The van der Waals surface area contributed by atoms with Crippen LogP contribution in [-0.2, 0) is 4.74 Å². The molecule has 1 aliphatic rings. The lowest BCUT2D eigenvalue weighted by atomic mass is 10.0. The summed E-state index contributed by atoms with van der Waals surface area (Å²) in [6.45, 7) is 8.85. The van der Waals surface area contributed by atoms with Crippen LogP contribution in [0.25, 0.3) is 0 Å². The van der Waals surface area contributed by atoms with Crippen LogP contribution in [-0.4, -0.2) is 56.6 Å². The number of Topliss-reactive ketones (excluding diaryl/α,β-unsaturated/α-hetero) is 1. The Morgan fingerprint density at radius 2 is 1.86 bits per heavy atom. The van der Waals surface area contributed by atoms with E-state index in [2.05, 4.69) is 22.4 Å². The number of hydrogen-bond acceptors (Lipinski definition) is 4. The first-order valence-electron chi connectivity index (χ1n) is 9.97. The van der Waals surface area contributed by atoms with Crippen molar-refractivity contribution in [2.24, 2.45) is 0 Å². The number of rotatable bonds is 7. The molecule has 2 heterocycles. The summed E-state index contributed by atoms with van der Waals surface area (Å²) in [6.07, 6.45) is 0. The zero-order valence-electron chi connectivity index (χ0n) is 17.6. The number of aromatic nitrogens is 1. The fraction of sp³-hybridized carbons (Fsp3) is 0.455. The number of aromatic amines is 1. The average Bonchev–Trinajstić information content (AvgIpc) is 3.03. The second-order valence-corrected chi connectivity index (χ2v) is 7.49. The molecule has 2 aromatic rings. The molecule has 1 atom stereocenters. The van der Waals surface area contributed by atoms with Crippen molar-refractivity contribution in [2.75, 3.05) is 40.0 Å². The van der Waals surface area contributed by atoms with Gasteiger partial charge in [-0.15, -0.1) is 0 Å². The zero-order valence-corrected chi connectivity index (χ0v) is 17.6. The van der Waals surface area contributed by atoms with E-state index in [4.69, 9.17) is 9.47 Å². The number of ether oxygens (including phenoxy) is 2. The van der Waals surface area contributed by atoms with Crippen molar-refractivity contribution in [1.82, 2.24) is 10.3 Å². The van der Waals surface area contributed by atoms with E-state index in [1.54, 1.807) is 7.11 Å². The predicted molar refractivity (Wildman–Crippen MR) is 110 cm³/mol. The molecule has 0 aliphatic carbocycles. The predicted octanol–water partition coefficient (Wildman–Crippen LogP) is 1.23. The van der Waals surface area contributed by atoms with Crippen molar-refractivity contribution in [3.05, 3.63) is 52.3 Å². The third-order valence-corrected chi connectivity index (χ3v) is 5.63. The van der Waals surface area contributed by atoms with Crippen LogP contribution < -0.4 is 15.0 Å². The third-order valence-electron chi connectivity index (χ3n) is 5.63. The number of quaternary nitrogens is 1. The van der Waals surface area contributed by atoms with E-state index >= 15 is 0 Å². The number of carbonyl (C=O) groups is 2. The summed E-state index contributed by atoms with van der Waals surface area (Å²) in [7, 11) is 1.65. The van der Waals surface area contributed by atoms with Gasteiger partial charge in [0.1, 0.15) is 30.6 Å². The van der Waals surface area contributed by atoms with E-state index in [9.17, 15) is 9.59 Å². The van der Waals surface area contributed by atoms with Crippen LogP contribution in [0, 0.1) is 13.8 Å². The molecule has 3 rings (SSSR count). The lowest BCUT2D eigenvalue weighted by Gasteiger charge is -2.32. The molecule has 0 saturated carbocycles. The number of ketones is 1. The lowest BCUT2D eigenvalue weighted by Crippen LogP contribution is -3.15. The summed E-state index contributed by atoms with van der Waals surface area (Å²) in [5.41, 5.74) is 3.63. The number of methoxy groups -OCH3 is 1. The van der Waals surface area contributed by atoms with E-state index in [0.717, 1.165) is 30.1 Å². The van der Waals surface area contributed by atoms with Crippen LogP contribution in [0.2, 0.25) is 0 Å². The molecule has 29 heavy (non-hydrogen) atoms. The smallest absolute Gasteiger partial charge is 0.268 e. The zero-order chi connectivity index (χ0) is 21.0. The largest absolute Gasteiger partial charge is 0.497 e. The third kappa shape index (κ3) is 4.68. The van der Waals surface area contributed by atoms with Gasteiger partial charge in [-0.3, -0.25) is 9.59 Å². The highest BCUT2D eigenvalue weighted by atomic mass is 16.5. The number of amides is 1. The summed E-state index contributed by atoms with van der Waals surface area (Å²) in [4.78, 5) is 29.2. The van der Waals surface area contributed by atoms with Crippen molar-refractivity contribution < 1.29 is 24.0 Å². The molecule has 1 aromatic heterocycles. The van der Waals surface area contributed by atoms with Crippen LogP contribution in [0.5, 0.6) is 5.75 Å². The highest BCUT2D eigenvalue weighted by Crippen LogP contribution is 2.19. The van der Waals surface area contributed by atoms with E-state index < -0.39 is 0 Å². The fourth-order valence-corrected chi connectivity index (χ4v) is 4.10. The van der Waals surface area contributed by atoms with E-state index in [-0.39, 0.29) is 17.7 Å². The van der Waals surface area contributed by atoms with Crippen molar-refractivity contribution in [1.29, 1.82) is 0 Å². The summed E-state index contributed by atoms with van der Waals surface area (Å²) in [6, 6.07) is 8.10. The van der Waals surface area contributed by atoms with Gasteiger partial charge in [0.25, 0.3) is 5.91 Å². The quantitative estimate of drug-likeness (QED) is 0.611. The van der Waals surface area contributed by atoms with Gasteiger partial charge >= 0.3 is 0 Å². The Morgan fingerprint density at radius 1 is 1.21 bits per heavy atom. The molecule has 3 N–H and O–H groups in total. The first-order chi connectivity index (χ1) is 13.9. The summed E-state index contributed by atoms with van der Waals surface area (Å²) < 4.78 is 10.8. The van der Waals surface area contributed by atoms with Crippen LogP contribution in [0.4, 0.5) is 0 Å². The molecule has 1 saturated heterocycles. The Bertz CT molecular complexity index is 867. The van der Waals surface area contributed by atoms with Crippen molar-refractivity contribution in [3.8, 4) is 5.75 Å². The second kappa shape index (κ2) is 9.24. The maximum atomic E-state index is 12.9. The Labute approximate surface area is 171 Å². The van der Waals surface area contributed by atoms with Gasteiger partial charge < -0.3 is 24.7 Å². The molecule has 0 spiro atoms. The van der Waals surface area contributed by atoms with Crippen LogP contribution in [0.1, 0.15) is 50.6 Å². The van der Waals surface area contributed by atoms with Gasteiger partial charge in [-0.05, 0) is 50.6 Å². The van der Waals surface area contributed by atoms with E-state index in [0.29, 0.717) is 36.6 Å². The molecule has 1 fully saturated rings. The molecule has 156 valence electrons. The molecule has 0 bridgehead atoms. The Morgan fingerprint density at radius 3 is 2.41 bits per heavy atom. The van der Waals surface area contributed by atoms with Crippen LogP contribution >= 0.6 is 0 Å². The Hall–Kier alpha value is -2.64. The normalized spacial score (nSPS) is 15.7. The average molecular weight is 400 g/mol. The first kappa shape index (κ1) is 21.1. The lowest BCUT2D eigenvalue weighted by molar-refractivity contribution is -0.937. The minimum absolute atomic E-state index is 0.0378. The van der Waals surface area contributed by atoms with Gasteiger partial charge in [-0.25, -0.2) is 0 Å². The fourth-order valence-electron chi connectivity index (χ4n) is 4.10. The van der Waals surface area contributed by atoms with Gasteiger partial charge in [0.15, 0.2) is 5.78 Å². The molecule has 7 nitrogen and oxygen atoms in total. The number of aryl methyl sites for hydroxylation is 1. The van der Waals surface area contributed by atoms with Gasteiger partial charge in [-0.2, -0.15) is 0 Å². The van der Waals surface area contributed by atoms with Crippen molar-refractivity contribution in [3.63, 3.8) is 0 Å². The second-order valence-electron chi connectivity index (χ2n) is 7.49. The maximum absolute atomic E-state index is 12.9. The molecule has 1 aliphatic heterocycles. The number of nitrogens with one attached hydrogen (secondary N) is 3. The summed E-state index contributed by atoms with van der Waals surface area (Å²) in [5, 5.41) is 3.07. The van der Waals surface area contributed by atoms with Gasteiger partial charge in [0.05, 0.1) is 26.9 Å². The number of hydrogen-bond donors (Lipinski definition) is 3. The van der Waals surface area contributed by atoms with E-state index in [1.807, 2.05) is 26.0 Å². The SMILES string of the molecule is COc1ccc([C@H](CNC(=O)c2[nH]c(C)c(C(C)=O)c2C)[NH+]2CCOCC2)cc1. The summed E-state index contributed by atoms with van der Waals surface area (Å²) in [5.74, 6) is 0.580. The van der Waals surface area contributed by atoms with Gasteiger partial charge in [0, 0.05) is 16.8 Å². The molecule has 0 radical (unpaired) electrons. The minimum Gasteiger partial charge on any atom is -0.497 e. The molecule has 1 amide bonds.